The smallest absolute Gasteiger partial charge is 0.255 e. The van der Waals surface area contributed by atoms with Crippen molar-refractivity contribution in [2.45, 2.75) is 12.5 Å². The van der Waals surface area contributed by atoms with E-state index in [1.807, 2.05) is 49.3 Å². The molecule has 1 heterocycles. The molecule has 1 atom stereocenters. The number of benzene rings is 3. The van der Waals surface area contributed by atoms with E-state index in [4.69, 9.17) is 0 Å². The van der Waals surface area contributed by atoms with E-state index >= 15 is 0 Å². The summed E-state index contributed by atoms with van der Waals surface area (Å²) in [5.74, 6) is -0.656. The third kappa shape index (κ3) is 4.48. The molecule has 0 saturated carbocycles. The fourth-order valence-electron chi connectivity index (χ4n) is 4.06. The van der Waals surface area contributed by atoms with Gasteiger partial charge in [0.2, 0.25) is 0 Å². The van der Waals surface area contributed by atoms with Crippen LogP contribution in [0.4, 0.5) is 15.8 Å². The average molecular weight is 429 g/mol. The second-order valence-electron chi connectivity index (χ2n) is 8.21. The lowest BCUT2D eigenvalue weighted by Crippen LogP contribution is -2.31. The molecular weight excluding hydrogens is 403 g/mol. The van der Waals surface area contributed by atoms with E-state index in [2.05, 4.69) is 16.3 Å². The number of amides is 1. The van der Waals surface area contributed by atoms with Gasteiger partial charge in [-0.2, -0.15) is 5.26 Å². The molecule has 5 nitrogen and oxygen atoms in total. The van der Waals surface area contributed by atoms with E-state index < -0.39 is 0 Å². The Bertz CT molecular complexity index is 1170. The van der Waals surface area contributed by atoms with Crippen LogP contribution in [0.2, 0.25) is 0 Å². The first-order valence-electron chi connectivity index (χ1n) is 10.6. The Morgan fingerprint density at radius 1 is 1.12 bits per heavy atom. The van der Waals surface area contributed by atoms with Gasteiger partial charge in [-0.3, -0.25) is 4.79 Å². The second kappa shape index (κ2) is 9.21. The monoisotopic (exact) mass is 428 g/mol. The number of hydrogen-bond donors (Lipinski definition) is 1. The van der Waals surface area contributed by atoms with Crippen LogP contribution in [0, 0.1) is 17.1 Å². The Balaban J connectivity index is 1.45. The van der Waals surface area contributed by atoms with Gasteiger partial charge < -0.3 is 15.1 Å². The molecule has 1 aliphatic heterocycles. The molecule has 32 heavy (non-hydrogen) atoms. The van der Waals surface area contributed by atoms with Crippen molar-refractivity contribution in [3.63, 3.8) is 0 Å². The molecule has 1 aliphatic rings. The molecule has 162 valence electrons. The molecule has 6 heteroatoms. The largest absolute Gasteiger partial charge is 0.368 e. The summed E-state index contributed by atoms with van der Waals surface area (Å²) in [4.78, 5) is 16.9. The third-order valence-corrected chi connectivity index (χ3v) is 5.95. The van der Waals surface area contributed by atoms with Crippen LogP contribution in [0.3, 0.4) is 0 Å². The lowest BCUT2D eigenvalue weighted by Gasteiger charge is -2.22. The highest BCUT2D eigenvalue weighted by Crippen LogP contribution is 2.28. The van der Waals surface area contributed by atoms with Crippen LogP contribution in [0.15, 0.2) is 66.7 Å². The fourth-order valence-corrected chi connectivity index (χ4v) is 4.06. The first-order valence-corrected chi connectivity index (χ1v) is 10.6. The van der Waals surface area contributed by atoms with Crippen LogP contribution >= 0.6 is 0 Å². The van der Waals surface area contributed by atoms with E-state index in [0.717, 1.165) is 30.6 Å². The number of hydrogen-bond acceptors (Lipinski definition) is 4. The minimum Gasteiger partial charge on any atom is -0.368 e. The quantitative estimate of drug-likeness (QED) is 0.637. The molecule has 1 fully saturated rings. The van der Waals surface area contributed by atoms with Gasteiger partial charge in [-0.1, -0.05) is 30.3 Å². The molecule has 1 saturated heterocycles. The van der Waals surface area contributed by atoms with Crippen LogP contribution in [-0.4, -0.2) is 44.0 Å². The summed E-state index contributed by atoms with van der Waals surface area (Å²) in [6.07, 6.45) is 1.000. The van der Waals surface area contributed by atoms with E-state index in [9.17, 15) is 14.4 Å². The first-order chi connectivity index (χ1) is 15.5. The van der Waals surface area contributed by atoms with Crippen molar-refractivity contribution in [2.24, 2.45) is 0 Å². The number of rotatable bonds is 5. The Morgan fingerprint density at radius 2 is 1.88 bits per heavy atom. The Kier molecular flexibility index (Phi) is 6.20. The van der Waals surface area contributed by atoms with Gasteiger partial charge in [0, 0.05) is 30.4 Å². The Labute approximate surface area is 187 Å². The molecule has 0 radical (unpaired) electrons. The van der Waals surface area contributed by atoms with E-state index in [0.29, 0.717) is 28.5 Å². The minimum absolute atomic E-state index is 0.314. The van der Waals surface area contributed by atoms with Gasteiger partial charge >= 0.3 is 0 Å². The highest BCUT2D eigenvalue weighted by Gasteiger charge is 2.25. The predicted molar refractivity (Wildman–Crippen MR) is 125 cm³/mol. The number of nitrogens with one attached hydrogen (secondary N) is 1. The molecule has 0 spiro atoms. The van der Waals surface area contributed by atoms with Gasteiger partial charge in [-0.15, -0.1) is 0 Å². The molecule has 3 aromatic rings. The second-order valence-corrected chi connectivity index (χ2v) is 8.21. The first kappa shape index (κ1) is 21.5. The molecule has 4 rings (SSSR count). The predicted octanol–water partition coefficient (Wildman–Crippen LogP) is 4.76. The van der Waals surface area contributed by atoms with Gasteiger partial charge in [-0.25, -0.2) is 4.39 Å². The van der Waals surface area contributed by atoms with Gasteiger partial charge in [0.25, 0.3) is 5.91 Å². The van der Waals surface area contributed by atoms with Crippen molar-refractivity contribution in [1.29, 1.82) is 5.26 Å². The van der Waals surface area contributed by atoms with E-state index in [1.54, 1.807) is 30.3 Å². The summed E-state index contributed by atoms with van der Waals surface area (Å²) >= 11 is 0. The normalized spacial score (nSPS) is 15.6. The molecule has 0 aliphatic carbocycles. The van der Waals surface area contributed by atoms with Crippen LogP contribution in [-0.2, 0) is 0 Å². The van der Waals surface area contributed by atoms with Crippen molar-refractivity contribution < 1.29 is 9.18 Å². The highest BCUT2D eigenvalue weighted by atomic mass is 19.1. The zero-order valence-corrected chi connectivity index (χ0v) is 18.2. The van der Waals surface area contributed by atoms with Crippen LogP contribution < -0.4 is 10.2 Å². The maximum atomic E-state index is 14.8. The SMILES string of the molecule is CN(C)C1CCN(c2ccc(NC(=O)c3ccc(-c4ccccc4C#N)cc3)cc2F)C1. The van der Waals surface area contributed by atoms with Crippen molar-refractivity contribution in [3.05, 3.63) is 83.7 Å². The standard InChI is InChI=1S/C26H25FN4O/c1-30(2)22-13-14-31(17-22)25-12-11-21(15-24(25)27)29-26(32)19-9-7-18(8-10-19)23-6-4-3-5-20(23)16-28/h3-12,15,22H,13-14,17H2,1-2H3,(H,29,32). The van der Waals surface area contributed by atoms with E-state index in [1.165, 1.54) is 6.07 Å². The van der Waals surface area contributed by atoms with Crippen LogP contribution in [0.1, 0.15) is 22.3 Å². The lowest BCUT2D eigenvalue weighted by molar-refractivity contribution is 0.102. The summed E-state index contributed by atoms with van der Waals surface area (Å²) < 4.78 is 14.8. The van der Waals surface area contributed by atoms with Crippen molar-refractivity contribution in [1.82, 2.24) is 4.90 Å². The van der Waals surface area contributed by atoms with Gasteiger partial charge in [0.15, 0.2) is 0 Å². The lowest BCUT2D eigenvalue weighted by atomic mass is 9.99. The third-order valence-electron chi connectivity index (χ3n) is 5.95. The summed E-state index contributed by atoms with van der Waals surface area (Å²) in [5.41, 5.74) is 3.69. The zero-order valence-electron chi connectivity index (χ0n) is 18.2. The number of carbonyl (C=O) groups excluding carboxylic acids is 1. The van der Waals surface area contributed by atoms with Crippen LogP contribution in [0.25, 0.3) is 11.1 Å². The summed E-state index contributed by atoms with van der Waals surface area (Å²) in [5, 5.41) is 12.1. The molecule has 0 bridgehead atoms. The molecule has 1 unspecified atom stereocenters. The number of halogens is 1. The zero-order chi connectivity index (χ0) is 22.7. The summed E-state index contributed by atoms with van der Waals surface area (Å²) in [7, 11) is 4.08. The van der Waals surface area contributed by atoms with Crippen molar-refractivity contribution >= 4 is 17.3 Å². The number of nitriles is 1. The fraction of sp³-hybridized carbons (Fsp3) is 0.231. The maximum Gasteiger partial charge on any atom is 0.255 e. The Morgan fingerprint density at radius 3 is 2.53 bits per heavy atom. The number of nitrogens with zero attached hydrogens (tertiary/aromatic N) is 3. The van der Waals surface area contributed by atoms with Gasteiger partial charge in [-0.05, 0) is 68.0 Å². The molecule has 0 aromatic heterocycles. The minimum atomic E-state index is -0.342. The highest BCUT2D eigenvalue weighted by molar-refractivity contribution is 6.04. The topological polar surface area (TPSA) is 59.4 Å². The van der Waals surface area contributed by atoms with Crippen LogP contribution in [0.5, 0.6) is 0 Å². The van der Waals surface area contributed by atoms with Crippen molar-refractivity contribution in [3.8, 4) is 17.2 Å². The number of anilines is 2. The van der Waals surface area contributed by atoms with E-state index in [-0.39, 0.29) is 11.7 Å². The van der Waals surface area contributed by atoms with Crippen molar-refractivity contribution in [2.75, 3.05) is 37.4 Å². The van der Waals surface area contributed by atoms with Gasteiger partial charge in [0.1, 0.15) is 5.82 Å². The molecule has 3 aromatic carbocycles. The molecule has 1 amide bonds. The molecular formula is C26H25FN4O. The average Bonchev–Trinajstić information content (AvgIpc) is 3.29. The summed E-state index contributed by atoms with van der Waals surface area (Å²) in [6, 6.07) is 21.8. The Hall–Kier alpha value is -3.69. The molecule has 1 N–H and O–H groups in total. The number of likely N-dealkylation sites (N-methyl/N-ethyl adjacent to an activating group) is 1. The number of carbonyl (C=O) groups is 1. The van der Waals surface area contributed by atoms with Gasteiger partial charge in [0.05, 0.1) is 17.3 Å². The summed E-state index contributed by atoms with van der Waals surface area (Å²) in [6.45, 7) is 1.60. The maximum absolute atomic E-state index is 14.8.